The van der Waals surface area contributed by atoms with Crippen LogP contribution in [0.2, 0.25) is 0 Å². The molecule has 0 unspecified atom stereocenters. The van der Waals surface area contributed by atoms with Crippen molar-refractivity contribution in [3.05, 3.63) is 29.6 Å². The zero-order valence-electron chi connectivity index (χ0n) is 9.52. The molecule has 0 radical (unpaired) electrons. The van der Waals surface area contributed by atoms with E-state index in [-0.39, 0.29) is 24.5 Å². The average molecular weight is 275 g/mol. The van der Waals surface area contributed by atoms with Crippen LogP contribution in [0.25, 0.3) is 11.4 Å². The third-order valence-corrected chi connectivity index (χ3v) is 2.41. The standard InChI is InChI=1S/C10H9F4N5/c11-8-2-1-6(10(12,13)14)5-7(8)9-16-17-18-19(9)4-3-15/h1-2,5H,3-4,15H2. The van der Waals surface area contributed by atoms with E-state index in [1.165, 1.54) is 0 Å². The molecule has 0 fully saturated rings. The van der Waals surface area contributed by atoms with Crippen molar-refractivity contribution in [2.24, 2.45) is 5.73 Å². The minimum atomic E-state index is -4.56. The Balaban J connectivity index is 2.52. The normalized spacial score (nSPS) is 11.8. The maximum Gasteiger partial charge on any atom is 0.416 e. The molecular weight excluding hydrogens is 266 g/mol. The molecule has 9 heteroatoms. The Morgan fingerprint density at radius 3 is 2.63 bits per heavy atom. The van der Waals surface area contributed by atoms with Crippen molar-refractivity contribution in [3.8, 4) is 11.4 Å². The van der Waals surface area contributed by atoms with Gasteiger partial charge in [0, 0.05) is 6.54 Å². The van der Waals surface area contributed by atoms with Gasteiger partial charge in [0.25, 0.3) is 0 Å². The molecule has 0 aliphatic rings. The van der Waals surface area contributed by atoms with E-state index in [9.17, 15) is 17.6 Å². The number of hydrogen-bond donors (Lipinski definition) is 1. The number of halogens is 4. The first kappa shape index (κ1) is 13.4. The highest BCUT2D eigenvalue weighted by molar-refractivity contribution is 5.57. The molecule has 0 aliphatic heterocycles. The van der Waals surface area contributed by atoms with Crippen LogP contribution in [0.4, 0.5) is 17.6 Å². The fourth-order valence-corrected chi connectivity index (χ4v) is 1.54. The Labute approximate surface area is 105 Å². The smallest absolute Gasteiger partial charge is 0.329 e. The highest BCUT2D eigenvalue weighted by Gasteiger charge is 2.31. The van der Waals surface area contributed by atoms with Gasteiger partial charge in [0.2, 0.25) is 0 Å². The van der Waals surface area contributed by atoms with E-state index in [0.717, 1.165) is 10.7 Å². The predicted octanol–water partition coefficient (Wildman–Crippen LogP) is 1.46. The van der Waals surface area contributed by atoms with E-state index in [1.54, 1.807) is 0 Å². The van der Waals surface area contributed by atoms with Crippen LogP contribution in [0.15, 0.2) is 18.2 Å². The Morgan fingerprint density at radius 1 is 1.26 bits per heavy atom. The Hall–Kier alpha value is -2.03. The number of tetrazole rings is 1. The summed E-state index contributed by atoms with van der Waals surface area (Å²) in [4.78, 5) is 0. The van der Waals surface area contributed by atoms with Crippen LogP contribution in [0.1, 0.15) is 5.56 Å². The van der Waals surface area contributed by atoms with Crippen LogP contribution >= 0.6 is 0 Å². The van der Waals surface area contributed by atoms with Crippen molar-refractivity contribution in [1.82, 2.24) is 20.2 Å². The van der Waals surface area contributed by atoms with E-state index in [2.05, 4.69) is 15.5 Å². The summed E-state index contributed by atoms with van der Waals surface area (Å²) < 4.78 is 52.6. The SMILES string of the molecule is NCCn1nnnc1-c1cc(C(F)(F)F)ccc1F. The molecule has 2 aromatic rings. The van der Waals surface area contributed by atoms with Crippen LogP contribution in [-0.2, 0) is 12.7 Å². The maximum absolute atomic E-state index is 13.6. The molecule has 0 aliphatic carbocycles. The summed E-state index contributed by atoms with van der Waals surface area (Å²) in [5.74, 6) is -0.921. The first-order valence-electron chi connectivity index (χ1n) is 5.27. The average Bonchev–Trinajstić information content (AvgIpc) is 2.77. The van der Waals surface area contributed by atoms with Crippen molar-refractivity contribution < 1.29 is 17.6 Å². The van der Waals surface area contributed by atoms with Crippen LogP contribution in [0.3, 0.4) is 0 Å². The molecule has 2 N–H and O–H groups in total. The Morgan fingerprint density at radius 2 is 2.00 bits per heavy atom. The lowest BCUT2D eigenvalue weighted by Crippen LogP contribution is -2.13. The molecule has 0 amide bonds. The van der Waals surface area contributed by atoms with Crippen LogP contribution in [-0.4, -0.2) is 26.8 Å². The molecule has 1 aromatic heterocycles. The summed E-state index contributed by atoms with van der Waals surface area (Å²) in [7, 11) is 0. The van der Waals surface area contributed by atoms with Gasteiger partial charge < -0.3 is 5.73 Å². The second-order valence-electron chi connectivity index (χ2n) is 3.71. The summed E-state index contributed by atoms with van der Waals surface area (Å²) in [6.07, 6.45) is -4.56. The predicted molar refractivity (Wildman–Crippen MR) is 57.3 cm³/mol. The summed E-state index contributed by atoms with van der Waals surface area (Å²) in [5, 5.41) is 10.4. The van der Waals surface area contributed by atoms with Gasteiger partial charge in [-0.3, -0.25) is 0 Å². The Bertz CT molecular complexity index is 578. The van der Waals surface area contributed by atoms with Gasteiger partial charge >= 0.3 is 6.18 Å². The molecule has 0 bridgehead atoms. The lowest BCUT2D eigenvalue weighted by molar-refractivity contribution is -0.137. The number of nitrogens with two attached hydrogens (primary N) is 1. The van der Waals surface area contributed by atoms with Gasteiger partial charge in [-0.25, -0.2) is 9.07 Å². The van der Waals surface area contributed by atoms with Crippen molar-refractivity contribution >= 4 is 0 Å². The highest BCUT2D eigenvalue weighted by Crippen LogP contribution is 2.32. The third-order valence-electron chi connectivity index (χ3n) is 2.41. The zero-order valence-corrected chi connectivity index (χ0v) is 9.52. The molecular formula is C10H9F4N5. The summed E-state index contributed by atoms with van der Waals surface area (Å²) in [5.41, 5.74) is 4.04. The van der Waals surface area contributed by atoms with E-state index >= 15 is 0 Å². The van der Waals surface area contributed by atoms with Crippen LogP contribution in [0, 0.1) is 5.82 Å². The number of aromatic nitrogens is 4. The number of rotatable bonds is 3. The molecule has 0 saturated heterocycles. The van der Waals surface area contributed by atoms with E-state index in [1.807, 2.05) is 0 Å². The van der Waals surface area contributed by atoms with Gasteiger partial charge in [-0.2, -0.15) is 13.2 Å². The number of benzene rings is 1. The molecule has 0 atom stereocenters. The van der Waals surface area contributed by atoms with Crippen molar-refractivity contribution in [1.29, 1.82) is 0 Å². The van der Waals surface area contributed by atoms with Gasteiger partial charge in [0.1, 0.15) is 5.82 Å². The zero-order chi connectivity index (χ0) is 14.0. The second kappa shape index (κ2) is 4.92. The fraction of sp³-hybridized carbons (Fsp3) is 0.300. The molecule has 19 heavy (non-hydrogen) atoms. The Kier molecular flexibility index (Phi) is 3.47. The molecule has 5 nitrogen and oxygen atoms in total. The second-order valence-corrected chi connectivity index (χ2v) is 3.71. The molecule has 0 saturated carbocycles. The van der Waals surface area contributed by atoms with Gasteiger partial charge in [-0.15, -0.1) is 5.10 Å². The van der Waals surface area contributed by atoms with Crippen LogP contribution in [0.5, 0.6) is 0 Å². The van der Waals surface area contributed by atoms with Gasteiger partial charge in [0.05, 0.1) is 17.7 Å². The minimum Gasteiger partial charge on any atom is -0.329 e. The van der Waals surface area contributed by atoms with E-state index in [0.29, 0.717) is 12.1 Å². The summed E-state index contributed by atoms with van der Waals surface area (Å²) >= 11 is 0. The number of alkyl halides is 3. The van der Waals surface area contributed by atoms with Crippen molar-refractivity contribution in [3.63, 3.8) is 0 Å². The molecule has 0 spiro atoms. The third kappa shape index (κ3) is 2.70. The van der Waals surface area contributed by atoms with Gasteiger partial charge in [-0.05, 0) is 28.6 Å². The van der Waals surface area contributed by atoms with Gasteiger partial charge in [0.15, 0.2) is 5.82 Å². The van der Waals surface area contributed by atoms with E-state index < -0.39 is 17.6 Å². The molecule has 102 valence electrons. The topological polar surface area (TPSA) is 69.6 Å². The quantitative estimate of drug-likeness (QED) is 0.861. The monoisotopic (exact) mass is 275 g/mol. The lowest BCUT2D eigenvalue weighted by atomic mass is 10.1. The van der Waals surface area contributed by atoms with E-state index in [4.69, 9.17) is 5.73 Å². The molecule has 1 aromatic carbocycles. The highest BCUT2D eigenvalue weighted by atomic mass is 19.4. The number of hydrogen-bond acceptors (Lipinski definition) is 4. The lowest BCUT2D eigenvalue weighted by Gasteiger charge is -2.09. The van der Waals surface area contributed by atoms with Crippen LogP contribution < -0.4 is 5.73 Å². The number of nitrogens with zero attached hydrogens (tertiary/aromatic N) is 4. The summed E-state index contributed by atoms with van der Waals surface area (Å²) in [6.45, 7) is 0.358. The summed E-state index contributed by atoms with van der Waals surface area (Å²) in [6, 6.07) is 2.07. The van der Waals surface area contributed by atoms with Crippen molar-refractivity contribution in [2.45, 2.75) is 12.7 Å². The first-order chi connectivity index (χ1) is 8.93. The van der Waals surface area contributed by atoms with Crippen molar-refractivity contribution in [2.75, 3.05) is 6.54 Å². The fourth-order valence-electron chi connectivity index (χ4n) is 1.54. The minimum absolute atomic E-state index is 0.0888. The molecule has 1 heterocycles. The van der Waals surface area contributed by atoms with Gasteiger partial charge in [-0.1, -0.05) is 0 Å². The largest absolute Gasteiger partial charge is 0.416 e. The maximum atomic E-state index is 13.6. The molecule has 2 rings (SSSR count). The first-order valence-corrected chi connectivity index (χ1v) is 5.27.